The summed E-state index contributed by atoms with van der Waals surface area (Å²) in [6.45, 7) is 9.51. The number of benzene rings is 1. The number of hydrogen-bond acceptors (Lipinski definition) is 7. The van der Waals surface area contributed by atoms with E-state index in [0.29, 0.717) is 28.9 Å². The standard InChI is InChI=1S/C22H29ClN4O2S/c1-13(2)24-22-26-17(12-30-22)16-11-19(29-14(3)4)15-7-8-18(20(23)21(15)25-16)28-10-9-27(5)6/h7-8,11-14H,9-10H2,1-6H3,(H,24,26). The van der Waals surface area contributed by atoms with Gasteiger partial charge >= 0.3 is 0 Å². The molecule has 2 aromatic heterocycles. The number of halogens is 1. The van der Waals surface area contributed by atoms with E-state index in [1.807, 2.05) is 51.5 Å². The molecule has 0 saturated heterocycles. The third-order valence-corrected chi connectivity index (χ3v) is 5.32. The molecule has 0 unspecified atom stereocenters. The molecule has 0 bridgehead atoms. The Morgan fingerprint density at radius 2 is 1.87 bits per heavy atom. The minimum Gasteiger partial charge on any atom is -0.491 e. The first-order valence-electron chi connectivity index (χ1n) is 10.0. The molecule has 0 aliphatic carbocycles. The van der Waals surface area contributed by atoms with E-state index < -0.39 is 0 Å². The number of ether oxygens (including phenoxy) is 2. The fourth-order valence-corrected chi connectivity index (χ4v) is 3.96. The fraction of sp³-hybridized carbons (Fsp3) is 0.455. The van der Waals surface area contributed by atoms with E-state index in [0.717, 1.165) is 34.2 Å². The topological polar surface area (TPSA) is 59.5 Å². The molecule has 3 aromatic rings. The van der Waals surface area contributed by atoms with Gasteiger partial charge in [-0.3, -0.25) is 0 Å². The summed E-state index contributed by atoms with van der Waals surface area (Å²) < 4.78 is 12.0. The van der Waals surface area contributed by atoms with Crippen molar-refractivity contribution in [2.75, 3.05) is 32.6 Å². The highest BCUT2D eigenvalue weighted by Crippen LogP contribution is 2.39. The molecule has 0 aliphatic rings. The van der Waals surface area contributed by atoms with Gasteiger partial charge in [-0.25, -0.2) is 9.97 Å². The first kappa shape index (κ1) is 22.6. The first-order valence-corrected chi connectivity index (χ1v) is 11.3. The van der Waals surface area contributed by atoms with Gasteiger partial charge in [-0.2, -0.15) is 0 Å². The molecular formula is C22H29ClN4O2S. The van der Waals surface area contributed by atoms with E-state index in [9.17, 15) is 0 Å². The number of aromatic nitrogens is 2. The zero-order chi connectivity index (χ0) is 21.8. The molecule has 0 amide bonds. The number of pyridine rings is 1. The van der Waals surface area contributed by atoms with Crippen molar-refractivity contribution in [1.29, 1.82) is 0 Å². The Balaban J connectivity index is 2.04. The van der Waals surface area contributed by atoms with Crippen molar-refractivity contribution in [2.45, 2.75) is 39.8 Å². The monoisotopic (exact) mass is 448 g/mol. The SMILES string of the molecule is CC(C)Nc1nc(-c2cc(OC(C)C)c3ccc(OCCN(C)C)c(Cl)c3n2)cs1. The molecule has 0 aliphatic heterocycles. The first-order chi connectivity index (χ1) is 14.2. The summed E-state index contributed by atoms with van der Waals surface area (Å²) in [5.41, 5.74) is 2.16. The lowest BCUT2D eigenvalue weighted by Crippen LogP contribution is -2.19. The van der Waals surface area contributed by atoms with Crippen LogP contribution in [-0.2, 0) is 0 Å². The summed E-state index contributed by atoms with van der Waals surface area (Å²) in [6, 6.07) is 6.07. The van der Waals surface area contributed by atoms with E-state index in [4.69, 9.17) is 26.1 Å². The van der Waals surface area contributed by atoms with Gasteiger partial charge in [0.15, 0.2) is 5.13 Å². The lowest BCUT2D eigenvalue weighted by atomic mass is 10.1. The summed E-state index contributed by atoms with van der Waals surface area (Å²) in [7, 11) is 4.01. The van der Waals surface area contributed by atoms with Gasteiger partial charge in [-0.05, 0) is 53.9 Å². The van der Waals surface area contributed by atoms with Gasteiger partial charge in [-0.15, -0.1) is 11.3 Å². The molecule has 0 fully saturated rings. The normalized spacial score (nSPS) is 11.7. The predicted octanol–water partition coefficient (Wildman–Crippen LogP) is 5.56. The van der Waals surface area contributed by atoms with Crippen LogP contribution in [-0.4, -0.2) is 54.3 Å². The highest BCUT2D eigenvalue weighted by Gasteiger charge is 2.17. The summed E-state index contributed by atoms with van der Waals surface area (Å²) in [4.78, 5) is 11.6. The minimum atomic E-state index is 0.0202. The van der Waals surface area contributed by atoms with E-state index in [2.05, 4.69) is 29.0 Å². The molecule has 0 saturated carbocycles. The Labute approximate surface area is 187 Å². The second kappa shape index (κ2) is 9.81. The zero-order valence-corrected chi connectivity index (χ0v) is 19.9. The van der Waals surface area contributed by atoms with Gasteiger partial charge in [0.25, 0.3) is 0 Å². The summed E-state index contributed by atoms with van der Waals surface area (Å²) in [5.74, 6) is 1.35. The average molecular weight is 449 g/mol. The van der Waals surface area contributed by atoms with Crippen molar-refractivity contribution >= 4 is 39.0 Å². The highest BCUT2D eigenvalue weighted by molar-refractivity contribution is 7.14. The molecule has 2 heterocycles. The smallest absolute Gasteiger partial charge is 0.183 e. The summed E-state index contributed by atoms with van der Waals surface area (Å²) in [5, 5.41) is 7.52. The highest BCUT2D eigenvalue weighted by atomic mass is 35.5. The van der Waals surface area contributed by atoms with Gasteiger partial charge in [0.05, 0.1) is 17.3 Å². The second-order valence-electron chi connectivity index (χ2n) is 7.93. The third-order valence-electron chi connectivity index (χ3n) is 4.18. The summed E-state index contributed by atoms with van der Waals surface area (Å²) in [6.07, 6.45) is 0.0202. The van der Waals surface area contributed by atoms with Gasteiger partial charge < -0.3 is 19.7 Å². The van der Waals surface area contributed by atoms with Crippen molar-refractivity contribution in [3.05, 3.63) is 28.6 Å². The van der Waals surface area contributed by atoms with E-state index in [1.165, 1.54) is 0 Å². The lowest BCUT2D eigenvalue weighted by Gasteiger charge is -2.16. The van der Waals surface area contributed by atoms with Gasteiger partial charge in [0.2, 0.25) is 0 Å². The molecule has 8 heteroatoms. The molecule has 0 atom stereocenters. The van der Waals surface area contributed by atoms with Crippen LogP contribution in [0.3, 0.4) is 0 Å². The van der Waals surface area contributed by atoms with E-state index >= 15 is 0 Å². The van der Waals surface area contributed by atoms with Crippen molar-refractivity contribution in [3.63, 3.8) is 0 Å². The number of fused-ring (bicyclic) bond motifs is 1. The summed E-state index contributed by atoms with van der Waals surface area (Å²) >= 11 is 8.27. The third kappa shape index (κ3) is 5.53. The van der Waals surface area contributed by atoms with Crippen molar-refractivity contribution in [3.8, 4) is 22.9 Å². The fourth-order valence-electron chi connectivity index (χ4n) is 2.85. The van der Waals surface area contributed by atoms with Crippen molar-refractivity contribution < 1.29 is 9.47 Å². The van der Waals surface area contributed by atoms with Crippen LogP contribution in [0.4, 0.5) is 5.13 Å². The Hall–Kier alpha value is -2.09. The molecule has 3 rings (SSSR count). The molecule has 0 spiro atoms. The molecule has 1 aromatic carbocycles. The maximum absolute atomic E-state index is 6.71. The van der Waals surface area contributed by atoms with Crippen LogP contribution in [0.25, 0.3) is 22.3 Å². The zero-order valence-electron chi connectivity index (χ0n) is 18.3. The number of nitrogens with one attached hydrogen (secondary N) is 1. The van der Waals surface area contributed by atoms with Crippen molar-refractivity contribution in [2.24, 2.45) is 0 Å². The second-order valence-corrected chi connectivity index (χ2v) is 9.17. The predicted molar refractivity (Wildman–Crippen MR) is 126 cm³/mol. The molecule has 6 nitrogen and oxygen atoms in total. The number of thiazole rings is 1. The van der Waals surface area contributed by atoms with Crippen LogP contribution in [0.2, 0.25) is 5.02 Å². The molecule has 162 valence electrons. The number of rotatable bonds is 9. The number of likely N-dealkylation sites (N-methyl/N-ethyl adjacent to an activating group) is 1. The molecular weight excluding hydrogens is 420 g/mol. The Morgan fingerprint density at radius 1 is 1.10 bits per heavy atom. The van der Waals surface area contributed by atoms with Crippen LogP contribution < -0.4 is 14.8 Å². The van der Waals surface area contributed by atoms with Gasteiger partial charge in [0.1, 0.15) is 28.8 Å². The number of hydrogen-bond donors (Lipinski definition) is 1. The van der Waals surface area contributed by atoms with Gasteiger partial charge in [0, 0.05) is 29.4 Å². The maximum Gasteiger partial charge on any atom is 0.183 e. The Bertz CT molecular complexity index is 1000. The number of nitrogens with zero attached hydrogens (tertiary/aromatic N) is 3. The Kier molecular flexibility index (Phi) is 7.39. The minimum absolute atomic E-state index is 0.0202. The van der Waals surface area contributed by atoms with Crippen molar-refractivity contribution in [1.82, 2.24) is 14.9 Å². The molecule has 0 radical (unpaired) electrons. The van der Waals surface area contributed by atoms with E-state index in [1.54, 1.807) is 11.3 Å². The number of anilines is 1. The quantitative estimate of drug-likeness (QED) is 0.462. The van der Waals surface area contributed by atoms with Crippen LogP contribution in [0.5, 0.6) is 11.5 Å². The Morgan fingerprint density at radius 3 is 2.53 bits per heavy atom. The van der Waals surface area contributed by atoms with Crippen LogP contribution in [0, 0.1) is 0 Å². The molecule has 1 N–H and O–H groups in total. The average Bonchev–Trinajstić information content (AvgIpc) is 3.11. The van der Waals surface area contributed by atoms with Crippen LogP contribution >= 0.6 is 22.9 Å². The van der Waals surface area contributed by atoms with Crippen LogP contribution in [0.15, 0.2) is 23.6 Å². The van der Waals surface area contributed by atoms with Crippen LogP contribution in [0.1, 0.15) is 27.7 Å². The largest absolute Gasteiger partial charge is 0.491 e. The lowest BCUT2D eigenvalue weighted by molar-refractivity contribution is 0.245. The molecule has 30 heavy (non-hydrogen) atoms. The maximum atomic E-state index is 6.71. The van der Waals surface area contributed by atoms with E-state index in [-0.39, 0.29) is 6.10 Å². The van der Waals surface area contributed by atoms with Gasteiger partial charge in [-0.1, -0.05) is 11.6 Å².